The minimum absolute atomic E-state index is 0.0883. The predicted octanol–water partition coefficient (Wildman–Crippen LogP) is 5.27. The summed E-state index contributed by atoms with van der Waals surface area (Å²) < 4.78 is 32.7. The highest BCUT2D eigenvalue weighted by atomic mass is 19.3. The number of nitrogens with one attached hydrogen (secondary N) is 2. The van der Waals surface area contributed by atoms with Crippen LogP contribution < -0.4 is 5.73 Å². The van der Waals surface area contributed by atoms with Gasteiger partial charge in [0.05, 0.1) is 35.2 Å². The molecule has 0 radical (unpaired) electrons. The topological polar surface area (TPSA) is 104 Å². The van der Waals surface area contributed by atoms with Crippen molar-refractivity contribution < 1.29 is 13.5 Å². The van der Waals surface area contributed by atoms with Crippen molar-refractivity contribution in [1.29, 1.82) is 5.41 Å². The van der Waals surface area contributed by atoms with Crippen LogP contribution >= 0.6 is 0 Å². The van der Waals surface area contributed by atoms with Crippen LogP contribution in [-0.4, -0.2) is 51.2 Å². The van der Waals surface area contributed by atoms with E-state index in [2.05, 4.69) is 11.9 Å². The number of aromatic amines is 1. The van der Waals surface area contributed by atoms with Crippen molar-refractivity contribution in [1.82, 2.24) is 19.9 Å². The van der Waals surface area contributed by atoms with Gasteiger partial charge in [-0.15, -0.1) is 0 Å². The Morgan fingerprint density at radius 2 is 2.00 bits per heavy atom. The van der Waals surface area contributed by atoms with Crippen LogP contribution in [0.25, 0.3) is 22.3 Å². The molecule has 2 aliphatic heterocycles. The Kier molecular flexibility index (Phi) is 5.75. The van der Waals surface area contributed by atoms with Gasteiger partial charge in [0.1, 0.15) is 18.0 Å². The number of fused-ring (bicyclic) bond motifs is 1. The van der Waals surface area contributed by atoms with Crippen LogP contribution in [0.4, 0.5) is 14.5 Å². The molecule has 38 heavy (non-hydrogen) atoms. The van der Waals surface area contributed by atoms with Gasteiger partial charge in [0.2, 0.25) is 0 Å². The Morgan fingerprint density at radius 3 is 2.76 bits per heavy atom. The van der Waals surface area contributed by atoms with Gasteiger partial charge in [-0.1, -0.05) is 30.3 Å². The minimum Gasteiger partial charge on any atom is -0.500 e. The summed E-state index contributed by atoms with van der Waals surface area (Å²) >= 11 is 0. The number of nitrogens with two attached hydrogens (primary N) is 1. The SMILES string of the molecule is CC1(c2cccc3[nH]c(C(=N)c4nc(-c5cccc(CN6CCC(F)(F)C6)c5)ccc4N)nc23)C=COC1. The van der Waals surface area contributed by atoms with Gasteiger partial charge >= 0.3 is 0 Å². The number of imidazole rings is 1. The van der Waals surface area contributed by atoms with E-state index >= 15 is 0 Å². The number of rotatable bonds is 6. The van der Waals surface area contributed by atoms with Crippen LogP contribution in [0.1, 0.15) is 36.0 Å². The van der Waals surface area contributed by atoms with Crippen LogP contribution in [0.3, 0.4) is 0 Å². The predicted molar refractivity (Wildman–Crippen MR) is 143 cm³/mol. The normalized spacial score (nSPS) is 20.7. The fraction of sp³-hybridized carbons (Fsp3) is 0.276. The van der Waals surface area contributed by atoms with E-state index in [1.807, 2.05) is 48.5 Å². The van der Waals surface area contributed by atoms with E-state index in [-0.39, 0.29) is 24.1 Å². The van der Waals surface area contributed by atoms with Gasteiger partial charge in [-0.3, -0.25) is 10.3 Å². The third kappa shape index (κ3) is 4.43. The number of pyridine rings is 1. The largest absolute Gasteiger partial charge is 0.500 e. The second-order valence-corrected chi connectivity index (χ2v) is 10.3. The molecule has 9 heteroatoms. The highest BCUT2D eigenvalue weighted by molar-refractivity contribution is 6.11. The first kappa shape index (κ1) is 24.2. The molecule has 0 spiro atoms. The fourth-order valence-electron chi connectivity index (χ4n) is 5.22. The van der Waals surface area contributed by atoms with Gasteiger partial charge in [0.15, 0.2) is 5.82 Å². The molecule has 194 valence electrons. The minimum atomic E-state index is -2.62. The first-order chi connectivity index (χ1) is 18.2. The van der Waals surface area contributed by atoms with E-state index in [1.54, 1.807) is 23.3 Å². The zero-order valence-electron chi connectivity index (χ0n) is 21.0. The summed E-state index contributed by atoms with van der Waals surface area (Å²) in [5.41, 5.74) is 11.8. The third-order valence-corrected chi connectivity index (χ3v) is 7.32. The Labute approximate surface area is 218 Å². The van der Waals surface area contributed by atoms with Crippen molar-refractivity contribution in [3.63, 3.8) is 0 Å². The lowest BCUT2D eigenvalue weighted by atomic mass is 9.83. The lowest BCUT2D eigenvalue weighted by Gasteiger charge is -2.20. The maximum Gasteiger partial charge on any atom is 0.261 e. The fourth-order valence-corrected chi connectivity index (χ4v) is 5.22. The van der Waals surface area contributed by atoms with Gasteiger partial charge < -0.3 is 15.5 Å². The third-order valence-electron chi connectivity index (χ3n) is 7.32. The maximum absolute atomic E-state index is 13.6. The zero-order valence-corrected chi connectivity index (χ0v) is 21.0. The molecular weight excluding hydrogens is 486 g/mol. The molecule has 2 aromatic carbocycles. The molecule has 0 amide bonds. The molecule has 1 atom stereocenters. The number of ether oxygens (including phenoxy) is 1. The number of halogens is 2. The number of aromatic nitrogens is 3. The average Bonchev–Trinajstić information content (AvgIpc) is 3.62. The Morgan fingerprint density at radius 1 is 1.16 bits per heavy atom. The van der Waals surface area contributed by atoms with Crippen LogP contribution in [0.2, 0.25) is 0 Å². The number of hydrogen-bond acceptors (Lipinski definition) is 6. The Balaban J connectivity index is 1.30. The summed E-state index contributed by atoms with van der Waals surface area (Å²) in [7, 11) is 0. The highest BCUT2D eigenvalue weighted by Crippen LogP contribution is 2.34. The summed E-state index contributed by atoms with van der Waals surface area (Å²) in [4.78, 5) is 14.5. The van der Waals surface area contributed by atoms with Gasteiger partial charge in [-0.2, -0.15) is 0 Å². The van der Waals surface area contributed by atoms with E-state index in [1.165, 1.54) is 0 Å². The number of nitrogen functional groups attached to an aromatic ring is 1. The summed E-state index contributed by atoms with van der Waals surface area (Å²) in [6.45, 7) is 3.22. The number of alkyl halides is 2. The molecule has 2 aromatic heterocycles. The Hall–Kier alpha value is -4.11. The number of H-pyrrole nitrogens is 1. The van der Waals surface area contributed by atoms with Gasteiger partial charge in [-0.05, 0) is 48.4 Å². The quantitative estimate of drug-likeness (QED) is 0.304. The van der Waals surface area contributed by atoms with Gasteiger partial charge in [0.25, 0.3) is 5.92 Å². The molecule has 0 aliphatic carbocycles. The van der Waals surface area contributed by atoms with Crippen molar-refractivity contribution in [2.45, 2.75) is 31.2 Å². The monoisotopic (exact) mass is 514 g/mol. The highest BCUT2D eigenvalue weighted by Gasteiger charge is 2.38. The number of anilines is 1. The van der Waals surface area contributed by atoms with Crippen LogP contribution in [0.5, 0.6) is 0 Å². The maximum atomic E-state index is 13.6. The lowest BCUT2D eigenvalue weighted by molar-refractivity contribution is 0.0115. The van der Waals surface area contributed by atoms with Crippen molar-refractivity contribution in [3.05, 3.63) is 89.6 Å². The molecule has 0 saturated carbocycles. The first-order valence-corrected chi connectivity index (χ1v) is 12.5. The van der Waals surface area contributed by atoms with E-state index < -0.39 is 5.92 Å². The van der Waals surface area contributed by atoms with Crippen LogP contribution in [-0.2, 0) is 16.7 Å². The zero-order chi connectivity index (χ0) is 26.5. The smallest absolute Gasteiger partial charge is 0.261 e. The number of nitrogens with zero attached hydrogens (tertiary/aromatic N) is 3. The van der Waals surface area contributed by atoms with Gasteiger partial charge in [0, 0.05) is 30.5 Å². The number of likely N-dealkylation sites (tertiary alicyclic amines) is 1. The lowest BCUT2D eigenvalue weighted by Crippen LogP contribution is -2.24. The molecule has 4 N–H and O–H groups in total. The standard InChI is InChI=1S/C29H28F2N6O/c1-28(11-13-38-17-28)20-6-3-7-23-25(20)36-27(35-23)24(33)26-21(32)8-9-22(34-26)19-5-2-4-18(14-19)15-37-12-10-29(30,31)16-37/h2-9,11,13-14,33H,10,12,15-17,32H2,1H3,(H,35,36). The molecule has 1 saturated heterocycles. The molecule has 6 rings (SSSR count). The molecule has 0 bridgehead atoms. The molecule has 1 fully saturated rings. The summed E-state index contributed by atoms with van der Waals surface area (Å²) in [6.07, 6.45) is 3.62. The summed E-state index contributed by atoms with van der Waals surface area (Å²) in [5.74, 6) is -2.25. The molecule has 7 nitrogen and oxygen atoms in total. The molecular formula is C29H28F2N6O. The number of hydrogen-bond donors (Lipinski definition) is 3. The van der Waals surface area contributed by atoms with E-state index in [0.29, 0.717) is 42.6 Å². The summed E-state index contributed by atoms with van der Waals surface area (Å²) in [6, 6.07) is 17.1. The van der Waals surface area contributed by atoms with Crippen molar-refractivity contribution in [2.24, 2.45) is 0 Å². The van der Waals surface area contributed by atoms with E-state index in [0.717, 1.165) is 27.7 Å². The second kappa shape index (κ2) is 9.02. The van der Waals surface area contributed by atoms with Crippen LogP contribution in [0, 0.1) is 5.41 Å². The second-order valence-electron chi connectivity index (χ2n) is 10.3. The van der Waals surface area contributed by atoms with E-state index in [9.17, 15) is 8.78 Å². The molecule has 4 heterocycles. The Bertz CT molecular complexity index is 1580. The molecule has 1 unspecified atom stereocenters. The number of benzene rings is 2. The van der Waals surface area contributed by atoms with Crippen LogP contribution in [0.15, 0.2) is 66.9 Å². The summed E-state index contributed by atoms with van der Waals surface area (Å²) in [5, 5.41) is 8.91. The molecule has 4 aromatic rings. The van der Waals surface area contributed by atoms with Crippen molar-refractivity contribution in [3.8, 4) is 11.3 Å². The van der Waals surface area contributed by atoms with Crippen molar-refractivity contribution >= 4 is 22.4 Å². The van der Waals surface area contributed by atoms with Gasteiger partial charge in [-0.25, -0.2) is 18.7 Å². The first-order valence-electron chi connectivity index (χ1n) is 12.5. The number of para-hydroxylation sites is 1. The van der Waals surface area contributed by atoms with E-state index in [4.69, 9.17) is 25.8 Å². The molecule has 2 aliphatic rings. The van der Waals surface area contributed by atoms with Crippen molar-refractivity contribution in [2.75, 3.05) is 25.4 Å². The average molecular weight is 515 g/mol.